The third-order valence-electron chi connectivity index (χ3n) is 3.43. The molecule has 0 bridgehead atoms. The van der Waals surface area contributed by atoms with E-state index in [1.54, 1.807) is 12.1 Å². The van der Waals surface area contributed by atoms with E-state index in [1.807, 2.05) is 0 Å². The zero-order valence-electron chi connectivity index (χ0n) is 11.4. The standard InChI is InChI=1S/C13H18BrClN2O2S.ClH/c14-11-3-4-12(15)13(8-11)20(18,19)17-7-5-10-2-1-6-16-9-10;/h3-4,8,10,16-17H,1-2,5-7,9H2;1H. The predicted molar refractivity (Wildman–Crippen MR) is 91.8 cm³/mol. The van der Waals surface area contributed by atoms with Crippen LogP contribution < -0.4 is 10.0 Å². The Labute approximate surface area is 145 Å². The number of hydrogen-bond acceptors (Lipinski definition) is 3. The third kappa shape index (κ3) is 5.69. The summed E-state index contributed by atoms with van der Waals surface area (Å²) in [6.45, 7) is 2.48. The number of hydrogen-bond donors (Lipinski definition) is 2. The lowest BCUT2D eigenvalue weighted by atomic mass is 9.96. The molecule has 0 aromatic heterocycles. The van der Waals surface area contributed by atoms with E-state index in [2.05, 4.69) is 26.0 Å². The smallest absolute Gasteiger partial charge is 0.242 e. The lowest BCUT2D eigenvalue weighted by Gasteiger charge is -2.22. The Morgan fingerprint density at radius 3 is 2.86 bits per heavy atom. The van der Waals surface area contributed by atoms with Crippen molar-refractivity contribution in [2.75, 3.05) is 19.6 Å². The highest BCUT2D eigenvalue weighted by Gasteiger charge is 2.19. The van der Waals surface area contributed by atoms with Gasteiger partial charge in [-0.05, 0) is 56.5 Å². The molecule has 1 fully saturated rings. The van der Waals surface area contributed by atoms with Crippen molar-refractivity contribution >= 4 is 50.0 Å². The van der Waals surface area contributed by atoms with E-state index in [9.17, 15) is 8.42 Å². The highest BCUT2D eigenvalue weighted by Crippen LogP contribution is 2.25. The van der Waals surface area contributed by atoms with Gasteiger partial charge >= 0.3 is 0 Å². The first-order valence-electron chi connectivity index (χ1n) is 6.64. The van der Waals surface area contributed by atoms with Gasteiger partial charge in [0.2, 0.25) is 10.0 Å². The van der Waals surface area contributed by atoms with E-state index in [-0.39, 0.29) is 22.3 Å². The van der Waals surface area contributed by atoms with Gasteiger partial charge < -0.3 is 5.32 Å². The molecule has 0 radical (unpaired) electrons. The molecular formula is C13H19BrCl2N2O2S. The summed E-state index contributed by atoms with van der Waals surface area (Å²) in [5, 5.41) is 3.56. The Balaban J connectivity index is 0.00000220. The van der Waals surface area contributed by atoms with Crippen LogP contribution >= 0.6 is 39.9 Å². The number of nitrogens with one attached hydrogen (secondary N) is 2. The summed E-state index contributed by atoms with van der Waals surface area (Å²) in [5.74, 6) is 0.546. The topological polar surface area (TPSA) is 58.2 Å². The first-order chi connectivity index (χ1) is 9.49. The third-order valence-corrected chi connectivity index (χ3v) is 5.86. The van der Waals surface area contributed by atoms with Crippen molar-refractivity contribution in [2.24, 2.45) is 5.92 Å². The molecule has 1 aromatic carbocycles. The van der Waals surface area contributed by atoms with Gasteiger partial charge in [0.15, 0.2) is 0 Å². The summed E-state index contributed by atoms with van der Waals surface area (Å²) in [7, 11) is -3.55. The molecule has 21 heavy (non-hydrogen) atoms. The molecule has 0 saturated carbocycles. The fraction of sp³-hybridized carbons (Fsp3) is 0.538. The zero-order valence-corrected chi connectivity index (χ0v) is 15.4. The van der Waals surface area contributed by atoms with Crippen molar-refractivity contribution < 1.29 is 8.42 Å². The minimum Gasteiger partial charge on any atom is -0.316 e. The summed E-state index contributed by atoms with van der Waals surface area (Å²) in [6, 6.07) is 4.81. The van der Waals surface area contributed by atoms with Crippen LogP contribution in [0.4, 0.5) is 0 Å². The number of piperidine rings is 1. The summed E-state index contributed by atoms with van der Waals surface area (Å²) in [6.07, 6.45) is 3.17. The van der Waals surface area contributed by atoms with Gasteiger partial charge in [-0.2, -0.15) is 0 Å². The fourth-order valence-electron chi connectivity index (χ4n) is 2.33. The average molecular weight is 418 g/mol. The molecular weight excluding hydrogens is 399 g/mol. The lowest BCUT2D eigenvalue weighted by Crippen LogP contribution is -2.33. The lowest BCUT2D eigenvalue weighted by molar-refractivity contribution is 0.358. The largest absolute Gasteiger partial charge is 0.316 e. The van der Waals surface area contributed by atoms with E-state index < -0.39 is 10.0 Å². The molecule has 0 amide bonds. The minimum absolute atomic E-state index is 0. The Hall–Kier alpha value is 0.150. The molecule has 120 valence electrons. The second kappa shape index (κ2) is 8.70. The average Bonchev–Trinajstić information content (AvgIpc) is 2.42. The molecule has 2 rings (SSSR count). The van der Waals surface area contributed by atoms with E-state index in [0.717, 1.165) is 32.4 Å². The van der Waals surface area contributed by atoms with Crippen LogP contribution in [0.1, 0.15) is 19.3 Å². The molecule has 0 spiro atoms. The predicted octanol–water partition coefficient (Wildman–Crippen LogP) is 3.19. The number of sulfonamides is 1. The van der Waals surface area contributed by atoms with Crippen molar-refractivity contribution in [3.8, 4) is 0 Å². The van der Waals surface area contributed by atoms with Gasteiger partial charge in [0.25, 0.3) is 0 Å². The van der Waals surface area contributed by atoms with Gasteiger partial charge in [-0.15, -0.1) is 12.4 Å². The van der Waals surface area contributed by atoms with Crippen LogP contribution in [0.5, 0.6) is 0 Å². The number of rotatable bonds is 5. The number of halogens is 3. The first-order valence-corrected chi connectivity index (χ1v) is 9.30. The van der Waals surface area contributed by atoms with Crippen molar-refractivity contribution in [3.05, 3.63) is 27.7 Å². The monoisotopic (exact) mass is 416 g/mol. The summed E-state index contributed by atoms with van der Waals surface area (Å²) in [4.78, 5) is 0.121. The number of benzene rings is 1. The zero-order chi connectivity index (χ0) is 14.6. The van der Waals surface area contributed by atoms with Gasteiger partial charge in [0.05, 0.1) is 5.02 Å². The van der Waals surface area contributed by atoms with Gasteiger partial charge in [-0.1, -0.05) is 27.5 Å². The molecule has 1 heterocycles. The van der Waals surface area contributed by atoms with Crippen LogP contribution in [0.3, 0.4) is 0 Å². The molecule has 1 saturated heterocycles. The van der Waals surface area contributed by atoms with Gasteiger partial charge in [0, 0.05) is 11.0 Å². The normalized spacial score (nSPS) is 19.0. The van der Waals surface area contributed by atoms with Crippen LogP contribution in [-0.4, -0.2) is 28.1 Å². The Kier molecular flexibility index (Phi) is 7.95. The Morgan fingerprint density at radius 1 is 1.43 bits per heavy atom. The van der Waals surface area contributed by atoms with Crippen molar-refractivity contribution in [2.45, 2.75) is 24.2 Å². The van der Waals surface area contributed by atoms with Gasteiger partial charge in [0.1, 0.15) is 4.90 Å². The van der Waals surface area contributed by atoms with Crippen LogP contribution in [0, 0.1) is 5.92 Å². The fourth-order valence-corrected chi connectivity index (χ4v) is 4.41. The highest BCUT2D eigenvalue weighted by molar-refractivity contribution is 9.10. The summed E-state index contributed by atoms with van der Waals surface area (Å²) < 4.78 is 27.8. The maximum Gasteiger partial charge on any atom is 0.242 e. The van der Waals surface area contributed by atoms with Crippen molar-refractivity contribution in [1.29, 1.82) is 0 Å². The highest BCUT2D eigenvalue weighted by atomic mass is 79.9. The molecule has 1 aromatic rings. The molecule has 4 nitrogen and oxygen atoms in total. The molecule has 1 aliphatic heterocycles. The molecule has 1 aliphatic rings. The second-order valence-corrected chi connectivity index (χ2v) is 8.03. The molecule has 8 heteroatoms. The van der Waals surface area contributed by atoms with Crippen molar-refractivity contribution in [1.82, 2.24) is 10.0 Å². The van der Waals surface area contributed by atoms with E-state index in [0.29, 0.717) is 16.9 Å². The molecule has 1 unspecified atom stereocenters. The first kappa shape index (κ1) is 19.2. The van der Waals surface area contributed by atoms with Gasteiger partial charge in [-0.3, -0.25) is 0 Å². The van der Waals surface area contributed by atoms with Crippen molar-refractivity contribution in [3.63, 3.8) is 0 Å². The van der Waals surface area contributed by atoms with Crippen LogP contribution in [0.25, 0.3) is 0 Å². The van der Waals surface area contributed by atoms with Crippen LogP contribution in [0.2, 0.25) is 5.02 Å². The Bertz CT molecular complexity index is 563. The van der Waals surface area contributed by atoms with E-state index in [4.69, 9.17) is 11.6 Å². The molecule has 0 aliphatic carbocycles. The Morgan fingerprint density at radius 2 is 2.19 bits per heavy atom. The molecule has 1 atom stereocenters. The summed E-state index contributed by atoms with van der Waals surface area (Å²) >= 11 is 9.22. The van der Waals surface area contributed by atoms with E-state index in [1.165, 1.54) is 6.07 Å². The quantitative estimate of drug-likeness (QED) is 0.773. The second-order valence-electron chi connectivity index (χ2n) is 4.97. The van der Waals surface area contributed by atoms with Crippen LogP contribution in [-0.2, 0) is 10.0 Å². The van der Waals surface area contributed by atoms with E-state index >= 15 is 0 Å². The summed E-state index contributed by atoms with van der Waals surface area (Å²) in [5.41, 5.74) is 0. The van der Waals surface area contributed by atoms with Gasteiger partial charge in [-0.25, -0.2) is 13.1 Å². The molecule has 2 N–H and O–H groups in total. The maximum absolute atomic E-state index is 12.2. The minimum atomic E-state index is -3.55. The van der Waals surface area contributed by atoms with Crippen LogP contribution in [0.15, 0.2) is 27.6 Å². The SMILES string of the molecule is Cl.O=S(=O)(NCCC1CCCNC1)c1cc(Br)ccc1Cl. The maximum atomic E-state index is 12.2.